The molecule has 1 saturated heterocycles. The number of nitrogens with zero attached hydrogens (tertiary/aromatic N) is 1. The SMILES string of the molecule is Cc1[nH]c(C2CCCCO2)nc1CCC(=O)O. The Morgan fingerprint density at radius 2 is 2.41 bits per heavy atom. The van der Waals surface area contributed by atoms with Gasteiger partial charge in [-0.25, -0.2) is 4.98 Å². The number of aromatic amines is 1. The number of aryl methyl sites for hydroxylation is 2. The second kappa shape index (κ2) is 5.31. The van der Waals surface area contributed by atoms with Crippen molar-refractivity contribution < 1.29 is 14.6 Å². The number of carboxylic acid groups (broad SMARTS) is 1. The minimum Gasteiger partial charge on any atom is -0.481 e. The Balaban J connectivity index is 2.03. The van der Waals surface area contributed by atoms with Crippen molar-refractivity contribution in [3.63, 3.8) is 0 Å². The summed E-state index contributed by atoms with van der Waals surface area (Å²) < 4.78 is 5.65. The monoisotopic (exact) mass is 238 g/mol. The molecule has 0 saturated carbocycles. The molecule has 1 fully saturated rings. The van der Waals surface area contributed by atoms with E-state index in [4.69, 9.17) is 9.84 Å². The van der Waals surface area contributed by atoms with Crippen LogP contribution in [0.3, 0.4) is 0 Å². The molecule has 0 amide bonds. The van der Waals surface area contributed by atoms with Crippen molar-refractivity contribution in [2.24, 2.45) is 0 Å². The molecule has 0 aliphatic carbocycles. The number of hydrogen-bond donors (Lipinski definition) is 2. The van der Waals surface area contributed by atoms with Crippen molar-refractivity contribution in [3.05, 3.63) is 17.2 Å². The van der Waals surface area contributed by atoms with E-state index in [1.807, 2.05) is 6.92 Å². The van der Waals surface area contributed by atoms with Crippen molar-refractivity contribution >= 4 is 5.97 Å². The van der Waals surface area contributed by atoms with Gasteiger partial charge in [-0.2, -0.15) is 0 Å². The van der Waals surface area contributed by atoms with E-state index in [1.165, 1.54) is 0 Å². The maximum absolute atomic E-state index is 10.5. The van der Waals surface area contributed by atoms with Crippen molar-refractivity contribution in [1.29, 1.82) is 0 Å². The van der Waals surface area contributed by atoms with E-state index in [-0.39, 0.29) is 12.5 Å². The third-order valence-corrected chi connectivity index (χ3v) is 3.06. The fourth-order valence-corrected chi connectivity index (χ4v) is 2.10. The highest BCUT2D eigenvalue weighted by Crippen LogP contribution is 2.26. The summed E-state index contributed by atoms with van der Waals surface area (Å²) in [5, 5.41) is 8.66. The third kappa shape index (κ3) is 3.06. The second-order valence-electron chi connectivity index (χ2n) is 4.44. The summed E-state index contributed by atoms with van der Waals surface area (Å²) in [5.41, 5.74) is 1.80. The van der Waals surface area contributed by atoms with Gasteiger partial charge in [0.2, 0.25) is 0 Å². The van der Waals surface area contributed by atoms with Gasteiger partial charge in [-0.15, -0.1) is 0 Å². The van der Waals surface area contributed by atoms with Crippen LogP contribution in [0.1, 0.15) is 49.0 Å². The van der Waals surface area contributed by atoms with Crippen molar-refractivity contribution in [2.75, 3.05) is 6.61 Å². The highest BCUT2D eigenvalue weighted by atomic mass is 16.5. The van der Waals surface area contributed by atoms with E-state index in [1.54, 1.807) is 0 Å². The molecule has 2 heterocycles. The molecule has 5 nitrogen and oxygen atoms in total. The van der Waals surface area contributed by atoms with E-state index >= 15 is 0 Å². The lowest BCUT2D eigenvalue weighted by atomic mass is 10.1. The van der Waals surface area contributed by atoms with Crippen LogP contribution < -0.4 is 0 Å². The number of imidazole rings is 1. The molecular formula is C12H18N2O3. The molecule has 0 spiro atoms. The lowest BCUT2D eigenvalue weighted by Crippen LogP contribution is -2.12. The lowest BCUT2D eigenvalue weighted by Gasteiger charge is -2.20. The summed E-state index contributed by atoms with van der Waals surface area (Å²) in [5.74, 6) is 0.0606. The first kappa shape index (κ1) is 12.1. The predicted octanol–water partition coefficient (Wildman–Crippen LogP) is 1.98. The smallest absolute Gasteiger partial charge is 0.303 e. The normalized spacial score (nSPS) is 20.4. The van der Waals surface area contributed by atoms with E-state index in [9.17, 15) is 4.79 Å². The first-order valence-corrected chi connectivity index (χ1v) is 6.05. The zero-order valence-corrected chi connectivity index (χ0v) is 10.0. The largest absolute Gasteiger partial charge is 0.481 e. The fraction of sp³-hybridized carbons (Fsp3) is 0.667. The van der Waals surface area contributed by atoms with Gasteiger partial charge in [0.05, 0.1) is 12.1 Å². The van der Waals surface area contributed by atoms with Crippen LogP contribution in [0.15, 0.2) is 0 Å². The maximum atomic E-state index is 10.5. The molecule has 1 atom stereocenters. The van der Waals surface area contributed by atoms with Gasteiger partial charge in [-0.1, -0.05) is 0 Å². The molecule has 17 heavy (non-hydrogen) atoms. The molecule has 1 aromatic heterocycles. The Labute approximate surface area is 100 Å². The average molecular weight is 238 g/mol. The van der Waals surface area contributed by atoms with Gasteiger partial charge in [0.1, 0.15) is 11.9 Å². The molecule has 1 aliphatic rings. The Morgan fingerprint density at radius 3 is 3.06 bits per heavy atom. The van der Waals surface area contributed by atoms with Crippen LogP contribution in [0.4, 0.5) is 0 Å². The molecule has 0 bridgehead atoms. The number of rotatable bonds is 4. The van der Waals surface area contributed by atoms with Gasteiger partial charge in [-0.3, -0.25) is 4.79 Å². The molecule has 2 rings (SSSR count). The average Bonchev–Trinajstić information content (AvgIpc) is 2.69. The number of carbonyl (C=O) groups is 1. The Kier molecular flexibility index (Phi) is 3.78. The van der Waals surface area contributed by atoms with Crippen molar-refractivity contribution in [3.8, 4) is 0 Å². The summed E-state index contributed by atoms with van der Waals surface area (Å²) in [6.07, 6.45) is 3.92. The molecule has 2 N–H and O–H groups in total. The van der Waals surface area contributed by atoms with Crippen LogP contribution in [0, 0.1) is 6.92 Å². The first-order chi connectivity index (χ1) is 8.16. The standard InChI is InChI=1S/C12H18N2O3/c1-8-9(5-6-11(15)16)14-12(13-8)10-4-2-3-7-17-10/h10H,2-7H2,1H3,(H,13,14)(H,15,16). The van der Waals surface area contributed by atoms with E-state index in [0.29, 0.717) is 6.42 Å². The number of aromatic nitrogens is 2. The lowest BCUT2D eigenvalue weighted by molar-refractivity contribution is -0.136. The summed E-state index contributed by atoms with van der Waals surface area (Å²) in [6, 6.07) is 0. The van der Waals surface area contributed by atoms with Crippen LogP contribution in [0.25, 0.3) is 0 Å². The van der Waals surface area contributed by atoms with Gasteiger partial charge < -0.3 is 14.8 Å². The zero-order chi connectivity index (χ0) is 12.3. The van der Waals surface area contributed by atoms with Gasteiger partial charge in [-0.05, 0) is 26.2 Å². The highest BCUT2D eigenvalue weighted by Gasteiger charge is 2.20. The molecule has 5 heteroatoms. The topological polar surface area (TPSA) is 75.2 Å². The molecule has 94 valence electrons. The van der Waals surface area contributed by atoms with E-state index < -0.39 is 5.97 Å². The van der Waals surface area contributed by atoms with E-state index in [0.717, 1.165) is 43.1 Å². The number of aliphatic carboxylic acids is 1. The van der Waals surface area contributed by atoms with Gasteiger partial charge >= 0.3 is 5.97 Å². The number of hydrogen-bond acceptors (Lipinski definition) is 3. The molecule has 1 aromatic rings. The van der Waals surface area contributed by atoms with Crippen molar-refractivity contribution in [2.45, 2.75) is 45.1 Å². The minimum atomic E-state index is -0.789. The third-order valence-electron chi connectivity index (χ3n) is 3.06. The minimum absolute atomic E-state index is 0.0565. The van der Waals surface area contributed by atoms with Crippen LogP contribution in [0.2, 0.25) is 0 Å². The van der Waals surface area contributed by atoms with Gasteiger partial charge in [0.15, 0.2) is 0 Å². The summed E-state index contributed by atoms with van der Waals surface area (Å²) in [7, 11) is 0. The maximum Gasteiger partial charge on any atom is 0.303 e. The fourth-order valence-electron chi connectivity index (χ4n) is 2.10. The Morgan fingerprint density at radius 1 is 1.59 bits per heavy atom. The number of ether oxygens (including phenoxy) is 1. The molecule has 1 aliphatic heterocycles. The molecule has 0 radical (unpaired) electrons. The van der Waals surface area contributed by atoms with Crippen LogP contribution in [-0.2, 0) is 16.0 Å². The number of nitrogens with one attached hydrogen (secondary N) is 1. The summed E-state index contributed by atoms with van der Waals surface area (Å²) in [6.45, 7) is 2.71. The van der Waals surface area contributed by atoms with E-state index in [2.05, 4.69) is 9.97 Å². The quantitative estimate of drug-likeness (QED) is 0.841. The highest BCUT2D eigenvalue weighted by molar-refractivity contribution is 5.67. The van der Waals surface area contributed by atoms with Gasteiger partial charge in [0, 0.05) is 18.7 Å². The van der Waals surface area contributed by atoms with Crippen LogP contribution >= 0.6 is 0 Å². The first-order valence-electron chi connectivity index (χ1n) is 6.05. The summed E-state index contributed by atoms with van der Waals surface area (Å²) >= 11 is 0. The van der Waals surface area contributed by atoms with Crippen molar-refractivity contribution in [1.82, 2.24) is 9.97 Å². The molecule has 1 unspecified atom stereocenters. The second-order valence-corrected chi connectivity index (χ2v) is 4.44. The zero-order valence-electron chi connectivity index (χ0n) is 10.0. The van der Waals surface area contributed by atoms with Crippen LogP contribution in [-0.4, -0.2) is 27.7 Å². The summed E-state index contributed by atoms with van der Waals surface area (Å²) in [4.78, 5) is 18.2. The number of carboxylic acids is 1. The molecular weight excluding hydrogens is 220 g/mol. The molecule has 0 aromatic carbocycles. The van der Waals surface area contributed by atoms with Gasteiger partial charge in [0.25, 0.3) is 0 Å². The van der Waals surface area contributed by atoms with Crippen LogP contribution in [0.5, 0.6) is 0 Å². The predicted molar refractivity (Wildman–Crippen MR) is 61.8 cm³/mol. The number of H-pyrrole nitrogens is 1. The Hall–Kier alpha value is -1.36. The Bertz CT molecular complexity index is 394.